The van der Waals surface area contributed by atoms with Crippen molar-refractivity contribution >= 4 is 18.1 Å². The fraction of sp³-hybridized carbons (Fsp3) is 0.850. The molecule has 0 rings (SSSR count). The van der Waals surface area contributed by atoms with Gasteiger partial charge in [0.25, 0.3) is 0 Å². The fourth-order valence-electron chi connectivity index (χ4n) is 2.98. The van der Waals surface area contributed by atoms with Crippen LogP contribution in [0.4, 0.5) is 9.59 Å². The number of nitrogens with one attached hydrogen (secondary N) is 2. The molecule has 188 valence electrons. The Morgan fingerprint density at radius 3 is 1.66 bits per heavy atom. The van der Waals surface area contributed by atoms with E-state index in [1.807, 2.05) is 0 Å². The topological polar surface area (TPSA) is 224 Å². The zero-order valence-electron chi connectivity index (χ0n) is 19.1. The third kappa shape index (κ3) is 16.5. The van der Waals surface area contributed by atoms with E-state index >= 15 is 0 Å². The third-order valence-corrected chi connectivity index (χ3v) is 4.83. The Bertz CT molecular complexity index is 525. The Morgan fingerprint density at radius 1 is 0.688 bits per heavy atom. The van der Waals surface area contributed by atoms with Crippen LogP contribution in [0, 0.1) is 0 Å². The van der Waals surface area contributed by atoms with Crippen molar-refractivity contribution in [3.8, 4) is 0 Å². The van der Waals surface area contributed by atoms with Crippen LogP contribution in [-0.2, 0) is 14.3 Å². The van der Waals surface area contributed by atoms with E-state index in [9.17, 15) is 14.4 Å². The lowest BCUT2D eigenvalue weighted by Crippen LogP contribution is -2.48. The molecule has 0 aromatic rings. The molecule has 0 radical (unpaired) electrons. The Hall–Kier alpha value is -2.15. The van der Waals surface area contributed by atoms with Crippen LogP contribution >= 0.6 is 0 Å². The molecular weight excluding hydrogens is 418 g/mol. The largest absolute Gasteiger partial charge is 0.448 e. The van der Waals surface area contributed by atoms with E-state index in [0.717, 1.165) is 38.5 Å². The molecule has 0 fully saturated rings. The lowest BCUT2D eigenvalue weighted by Gasteiger charge is -2.22. The summed E-state index contributed by atoms with van der Waals surface area (Å²) in [5.41, 5.74) is 27.4. The predicted octanol–water partition coefficient (Wildman–Crippen LogP) is -0.624. The van der Waals surface area contributed by atoms with Crippen LogP contribution in [0.25, 0.3) is 0 Å². The van der Waals surface area contributed by atoms with E-state index in [1.165, 1.54) is 0 Å². The van der Waals surface area contributed by atoms with Crippen molar-refractivity contribution in [3.63, 3.8) is 0 Å². The molecule has 0 aromatic heterocycles. The molecule has 0 aromatic carbocycles. The van der Waals surface area contributed by atoms with Crippen LogP contribution in [0.15, 0.2) is 0 Å². The number of hydrogen-bond donors (Lipinski definition) is 7. The first-order valence-electron chi connectivity index (χ1n) is 11.4. The fourth-order valence-corrected chi connectivity index (χ4v) is 2.98. The maximum absolute atomic E-state index is 12.4. The van der Waals surface area contributed by atoms with E-state index < -0.39 is 30.3 Å². The second-order valence-corrected chi connectivity index (χ2v) is 7.74. The van der Waals surface area contributed by atoms with E-state index in [2.05, 4.69) is 10.6 Å². The summed E-state index contributed by atoms with van der Waals surface area (Å²) in [6.45, 7) is 1.52. The lowest BCUT2D eigenvalue weighted by molar-refractivity contribution is -0.123. The summed E-state index contributed by atoms with van der Waals surface area (Å²) in [5, 5.41) is 5.51. The number of carbonyl (C=O) groups is 3. The van der Waals surface area contributed by atoms with E-state index in [4.69, 9.17) is 38.1 Å². The molecule has 0 bridgehead atoms. The van der Waals surface area contributed by atoms with Gasteiger partial charge in [0.1, 0.15) is 13.2 Å². The summed E-state index contributed by atoms with van der Waals surface area (Å²) in [6.07, 6.45) is 4.70. The summed E-state index contributed by atoms with van der Waals surface area (Å²) in [7, 11) is 0. The van der Waals surface area contributed by atoms with Crippen LogP contribution in [0.2, 0.25) is 0 Å². The maximum Gasteiger partial charge on any atom is 0.407 e. The first kappa shape index (κ1) is 29.9. The Kier molecular flexibility index (Phi) is 18.2. The zero-order chi connectivity index (χ0) is 24.2. The van der Waals surface area contributed by atoms with Gasteiger partial charge in [-0.1, -0.05) is 19.3 Å². The molecule has 3 amide bonds. The summed E-state index contributed by atoms with van der Waals surface area (Å²) in [4.78, 5) is 35.5. The van der Waals surface area contributed by atoms with Crippen LogP contribution in [-0.4, -0.2) is 69.1 Å². The molecule has 3 atom stereocenters. The molecule has 0 aliphatic carbocycles. The van der Waals surface area contributed by atoms with Crippen molar-refractivity contribution in [1.82, 2.24) is 10.6 Å². The third-order valence-electron chi connectivity index (χ3n) is 4.83. The number of unbranched alkanes of at least 4 members (excludes halogenated alkanes) is 3. The van der Waals surface area contributed by atoms with Gasteiger partial charge < -0.3 is 48.8 Å². The monoisotopic (exact) mass is 461 g/mol. The summed E-state index contributed by atoms with van der Waals surface area (Å²) in [5.74, 6) is -0.293. The Morgan fingerprint density at radius 2 is 1.16 bits per heavy atom. The smallest absolute Gasteiger partial charge is 0.407 e. The van der Waals surface area contributed by atoms with Gasteiger partial charge >= 0.3 is 12.2 Å². The van der Waals surface area contributed by atoms with Crippen molar-refractivity contribution in [3.05, 3.63) is 0 Å². The molecular formula is C20H43N7O5. The van der Waals surface area contributed by atoms with Crippen molar-refractivity contribution in [2.24, 2.45) is 28.7 Å². The molecule has 12 N–H and O–H groups in total. The standard InChI is InChI=1S/C20H43N7O5/c21-10-4-1-7-15(26-18(28)17(24)9-3-6-12-23)14-32-20(30)27-16(8-2-5-11-22)13-31-19(25)29/h15-17H,1-14,21-24H2,(H2,25,29)(H,26,28)(H,27,30)/t15-,16-,17+/m1/s1. The minimum absolute atomic E-state index is 0.0239. The second-order valence-electron chi connectivity index (χ2n) is 7.74. The first-order valence-corrected chi connectivity index (χ1v) is 11.4. The van der Waals surface area contributed by atoms with Gasteiger partial charge in [0, 0.05) is 0 Å². The Labute approximate surface area is 190 Å². The number of ether oxygens (including phenoxy) is 2. The highest BCUT2D eigenvalue weighted by molar-refractivity contribution is 5.81. The predicted molar refractivity (Wildman–Crippen MR) is 122 cm³/mol. The van der Waals surface area contributed by atoms with Gasteiger partial charge in [-0.2, -0.15) is 0 Å². The molecule has 0 spiro atoms. The molecule has 0 aliphatic rings. The van der Waals surface area contributed by atoms with Crippen LogP contribution in [0.3, 0.4) is 0 Å². The molecule has 12 nitrogen and oxygen atoms in total. The highest BCUT2D eigenvalue weighted by Crippen LogP contribution is 2.06. The highest BCUT2D eigenvalue weighted by Gasteiger charge is 2.20. The van der Waals surface area contributed by atoms with Gasteiger partial charge in [-0.05, 0) is 58.2 Å². The van der Waals surface area contributed by atoms with Gasteiger partial charge in [-0.15, -0.1) is 0 Å². The number of primary amides is 1. The number of hydrogen-bond acceptors (Lipinski definition) is 9. The SMILES string of the molecule is NCCCC[C@H](COC(N)=O)NC(=O)OC[C@@H](CCCCN)NC(=O)[C@@H](N)CCCCN. The molecule has 0 heterocycles. The van der Waals surface area contributed by atoms with E-state index in [0.29, 0.717) is 38.9 Å². The number of alkyl carbamates (subject to hydrolysis) is 1. The molecule has 32 heavy (non-hydrogen) atoms. The van der Waals surface area contributed by atoms with Crippen molar-refractivity contribution in [2.45, 2.75) is 75.9 Å². The van der Waals surface area contributed by atoms with Crippen molar-refractivity contribution < 1.29 is 23.9 Å². The van der Waals surface area contributed by atoms with Gasteiger partial charge in [0.15, 0.2) is 0 Å². The summed E-state index contributed by atoms with van der Waals surface area (Å²) in [6, 6.07) is -1.49. The number of rotatable bonds is 19. The zero-order valence-corrected chi connectivity index (χ0v) is 19.1. The van der Waals surface area contributed by atoms with Gasteiger partial charge in [0.05, 0.1) is 18.1 Å². The van der Waals surface area contributed by atoms with E-state index in [1.54, 1.807) is 0 Å². The quantitative estimate of drug-likeness (QED) is 0.121. The number of carbonyl (C=O) groups excluding carboxylic acids is 3. The van der Waals surface area contributed by atoms with Gasteiger partial charge in [0.2, 0.25) is 5.91 Å². The summed E-state index contributed by atoms with van der Waals surface area (Å²) < 4.78 is 10.1. The number of amides is 3. The average molecular weight is 462 g/mol. The summed E-state index contributed by atoms with van der Waals surface area (Å²) >= 11 is 0. The van der Waals surface area contributed by atoms with Crippen LogP contribution in [0.5, 0.6) is 0 Å². The van der Waals surface area contributed by atoms with Gasteiger partial charge in [-0.25, -0.2) is 9.59 Å². The minimum atomic E-state index is -0.922. The van der Waals surface area contributed by atoms with Crippen LogP contribution in [0.1, 0.15) is 57.8 Å². The van der Waals surface area contributed by atoms with Crippen molar-refractivity contribution in [2.75, 3.05) is 32.8 Å². The van der Waals surface area contributed by atoms with Crippen LogP contribution < -0.4 is 39.3 Å². The Balaban J connectivity index is 4.69. The molecule has 0 aliphatic heterocycles. The second kappa shape index (κ2) is 19.5. The first-order chi connectivity index (χ1) is 15.3. The minimum Gasteiger partial charge on any atom is -0.448 e. The lowest BCUT2D eigenvalue weighted by atomic mass is 10.1. The molecule has 0 saturated heterocycles. The van der Waals surface area contributed by atoms with Crippen molar-refractivity contribution in [1.29, 1.82) is 0 Å². The molecule has 0 unspecified atom stereocenters. The highest BCUT2D eigenvalue weighted by atomic mass is 16.6. The normalized spacial score (nSPS) is 13.6. The number of nitrogens with two attached hydrogens (primary N) is 5. The maximum atomic E-state index is 12.4. The van der Waals surface area contributed by atoms with Gasteiger partial charge in [-0.3, -0.25) is 4.79 Å². The molecule has 0 saturated carbocycles. The molecule has 12 heteroatoms. The van der Waals surface area contributed by atoms with E-state index in [-0.39, 0.29) is 19.1 Å². The average Bonchev–Trinajstić information content (AvgIpc) is 2.75.